The number of para-hydroxylation sites is 1. The third-order valence-electron chi connectivity index (χ3n) is 4.12. The smallest absolute Gasteiger partial charge is 0.266 e. The van der Waals surface area contributed by atoms with Crippen molar-refractivity contribution < 1.29 is 13.2 Å². The van der Waals surface area contributed by atoms with Crippen molar-refractivity contribution in [2.24, 2.45) is 0 Å². The Morgan fingerprint density at radius 3 is 2.25 bits per heavy atom. The Balaban J connectivity index is 1.82. The van der Waals surface area contributed by atoms with E-state index in [2.05, 4.69) is 4.98 Å². The van der Waals surface area contributed by atoms with Crippen LogP contribution in [0.2, 0.25) is 0 Å². The minimum atomic E-state index is -0.669. The molecule has 1 aromatic heterocycles. The highest BCUT2D eigenvalue weighted by Crippen LogP contribution is 2.25. The number of fused-ring (bicyclic) bond motifs is 1. The highest BCUT2D eigenvalue weighted by molar-refractivity contribution is 7.98. The first kappa shape index (κ1) is 18.3. The van der Waals surface area contributed by atoms with Gasteiger partial charge in [0.05, 0.1) is 16.6 Å². The Kier molecular flexibility index (Phi) is 4.92. The van der Waals surface area contributed by atoms with Gasteiger partial charge in [0.15, 0.2) is 5.16 Å². The van der Waals surface area contributed by atoms with Crippen molar-refractivity contribution in [2.75, 3.05) is 0 Å². The summed E-state index contributed by atoms with van der Waals surface area (Å²) in [5, 5.41) is 0.771. The second kappa shape index (κ2) is 7.52. The van der Waals surface area contributed by atoms with Gasteiger partial charge in [0.25, 0.3) is 5.56 Å². The highest BCUT2D eigenvalue weighted by atomic mass is 32.2. The molecule has 0 aliphatic rings. The average molecular weight is 398 g/mol. The maximum Gasteiger partial charge on any atom is 0.266 e. The summed E-state index contributed by atoms with van der Waals surface area (Å²) >= 11 is 1.17. The molecule has 3 aromatic carbocycles. The molecule has 1 heterocycles. The summed E-state index contributed by atoms with van der Waals surface area (Å²) < 4.78 is 41.6. The Bertz CT molecular complexity index is 1200. The molecule has 4 rings (SSSR count). The van der Waals surface area contributed by atoms with Crippen LogP contribution in [0, 0.1) is 17.5 Å². The second-order valence-electron chi connectivity index (χ2n) is 6.09. The minimum Gasteiger partial charge on any atom is -0.268 e. The van der Waals surface area contributed by atoms with Gasteiger partial charge < -0.3 is 0 Å². The van der Waals surface area contributed by atoms with Crippen molar-refractivity contribution in [1.82, 2.24) is 9.55 Å². The minimum absolute atomic E-state index is 0.209. The number of hydrogen-bond acceptors (Lipinski definition) is 3. The Hall–Kier alpha value is -3.06. The van der Waals surface area contributed by atoms with Gasteiger partial charge in [0.2, 0.25) is 0 Å². The molecule has 0 amide bonds. The molecule has 28 heavy (non-hydrogen) atoms. The number of rotatable bonds is 4. The summed E-state index contributed by atoms with van der Waals surface area (Å²) in [5.41, 5.74) is 1.09. The molecule has 0 spiro atoms. The zero-order valence-corrected chi connectivity index (χ0v) is 15.2. The Morgan fingerprint density at radius 1 is 0.857 bits per heavy atom. The van der Waals surface area contributed by atoms with Crippen LogP contribution in [0.5, 0.6) is 0 Å². The van der Waals surface area contributed by atoms with E-state index in [-0.39, 0.29) is 11.3 Å². The number of nitrogens with zero attached hydrogens (tertiary/aromatic N) is 2. The molecule has 0 saturated heterocycles. The molecule has 0 fully saturated rings. The van der Waals surface area contributed by atoms with Gasteiger partial charge in [0.1, 0.15) is 17.5 Å². The highest BCUT2D eigenvalue weighted by Gasteiger charge is 2.14. The van der Waals surface area contributed by atoms with E-state index in [1.165, 1.54) is 52.7 Å². The van der Waals surface area contributed by atoms with Gasteiger partial charge in [-0.15, -0.1) is 0 Å². The maximum absolute atomic E-state index is 13.5. The lowest BCUT2D eigenvalue weighted by Gasteiger charge is -2.13. The zero-order valence-electron chi connectivity index (χ0n) is 14.4. The normalized spacial score (nSPS) is 11.1. The van der Waals surface area contributed by atoms with Crippen LogP contribution in [0.4, 0.5) is 13.2 Å². The van der Waals surface area contributed by atoms with Crippen LogP contribution in [0.3, 0.4) is 0 Å². The van der Waals surface area contributed by atoms with Crippen molar-refractivity contribution in [3.8, 4) is 5.69 Å². The molecule has 3 nitrogen and oxygen atoms in total. The number of aromatic nitrogens is 2. The molecular weight excluding hydrogens is 385 g/mol. The van der Waals surface area contributed by atoms with Gasteiger partial charge in [-0.05, 0) is 54.1 Å². The topological polar surface area (TPSA) is 34.9 Å². The molecule has 7 heteroatoms. The lowest BCUT2D eigenvalue weighted by atomic mass is 10.2. The Labute approximate surface area is 162 Å². The fourth-order valence-electron chi connectivity index (χ4n) is 2.87. The molecule has 0 bridgehead atoms. The number of halogens is 3. The van der Waals surface area contributed by atoms with Gasteiger partial charge in [-0.1, -0.05) is 23.9 Å². The van der Waals surface area contributed by atoms with Crippen LogP contribution < -0.4 is 5.56 Å². The van der Waals surface area contributed by atoms with Crippen LogP contribution in [0.25, 0.3) is 16.6 Å². The van der Waals surface area contributed by atoms with Crippen molar-refractivity contribution in [3.63, 3.8) is 0 Å². The summed E-state index contributed by atoms with van der Waals surface area (Å²) in [4.78, 5) is 17.6. The van der Waals surface area contributed by atoms with E-state index in [0.29, 0.717) is 27.3 Å². The molecule has 0 N–H and O–H groups in total. The molecule has 0 aliphatic heterocycles. The largest absolute Gasteiger partial charge is 0.268 e. The van der Waals surface area contributed by atoms with Crippen LogP contribution in [0.15, 0.2) is 76.7 Å². The molecule has 0 unspecified atom stereocenters. The molecular formula is C21H13F3N2OS. The standard InChI is InChI=1S/C21H13F3N2OS/c22-14-5-7-17(8-6-14)26-20(27)18-3-1-2-4-19(18)25-21(26)28-12-13-9-15(23)11-16(24)10-13/h1-11H,12H2. The van der Waals surface area contributed by atoms with E-state index in [9.17, 15) is 18.0 Å². The molecule has 0 radical (unpaired) electrons. The molecule has 140 valence electrons. The molecule has 0 saturated carbocycles. The predicted molar refractivity (Wildman–Crippen MR) is 103 cm³/mol. The molecule has 0 aliphatic carbocycles. The lowest BCUT2D eigenvalue weighted by Crippen LogP contribution is -2.21. The van der Waals surface area contributed by atoms with Crippen molar-refractivity contribution >= 4 is 22.7 Å². The first-order chi connectivity index (χ1) is 13.5. The fraction of sp³-hybridized carbons (Fsp3) is 0.0476. The van der Waals surface area contributed by atoms with Crippen molar-refractivity contribution in [1.29, 1.82) is 0 Å². The van der Waals surface area contributed by atoms with Gasteiger partial charge >= 0.3 is 0 Å². The third-order valence-corrected chi connectivity index (χ3v) is 5.13. The monoisotopic (exact) mass is 398 g/mol. The van der Waals surface area contributed by atoms with Crippen LogP contribution in [0.1, 0.15) is 5.56 Å². The van der Waals surface area contributed by atoms with Crippen LogP contribution in [-0.2, 0) is 5.75 Å². The first-order valence-corrected chi connectivity index (χ1v) is 9.35. The van der Waals surface area contributed by atoms with Crippen molar-refractivity contribution in [2.45, 2.75) is 10.9 Å². The van der Waals surface area contributed by atoms with Crippen LogP contribution in [-0.4, -0.2) is 9.55 Å². The SMILES string of the molecule is O=c1c2ccccc2nc(SCc2cc(F)cc(F)c2)n1-c1ccc(F)cc1. The second-order valence-corrected chi connectivity index (χ2v) is 7.04. The van der Waals surface area contributed by atoms with Crippen LogP contribution >= 0.6 is 11.8 Å². The van der Waals surface area contributed by atoms with E-state index in [4.69, 9.17) is 0 Å². The summed E-state index contributed by atoms with van der Waals surface area (Å²) in [7, 11) is 0. The molecule has 4 aromatic rings. The zero-order chi connectivity index (χ0) is 19.7. The Morgan fingerprint density at radius 2 is 1.54 bits per heavy atom. The van der Waals surface area contributed by atoms with Gasteiger partial charge in [-0.3, -0.25) is 9.36 Å². The lowest BCUT2D eigenvalue weighted by molar-refractivity contribution is 0.581. The van der Waals surface area contributed by atoms with E-state index < -0.39 is 17.5 Å². The summed E-state index contributed by atoms with van der Waals surface area (Å²) in [5.74, 6) is -1.55. The van der Waals surface area contributed by atoms with Gasteiger partial charge in [0, 0.05) is 11.8 Å². The average Bonchev–Trinajstić information content (AvgIpc) is 2.67. The van der Waals surface area contributed by atoms with E-state index in [1.807, 2.05) is 0 Å². The fourth-order valence-corrected chi connectivity index (χ4v) is 3.81. The predicted octanol–water partition coefficient (Wildman–Crippen LogP) is 5.10. The summed E-state index contributed by atoms with van der Waals surface area (Å²) in [6.45, 7) is 0. The first-order valence-electron chi connectivity index (χ1n) is 8.37. The molecule has 0 atom stereocenters. The summed E-state index contributed by atoms with van der Waals surface area (Å²) in [6, 6.07) is 15.7. The maximum atomic E-state index is 13.5. The van der Waals surface area contributed by atoms with Gasteiger partial charge in [-0.2, -0.15) is 0 Å². The number of hydrogen-bond donors (Lipinski definition) is 0. The number of thioether (sulfide) groups is 1. The van der Waals surface area contributed by atoms with E-state index in [1.54, 1.807) is 24.3 Å². The van der Waals surface area contributed by atoms with Gasteiger partial charge in [-0.25, -0.2) is 18.2 Å². The van der Waals surface area contributed by atoms with E-state index >= 15 is 0 Å². The quantitative estimate of drug-likeness (QED) is 0.355. The van der Waals surface area contributed by atoms with E-state index in [0.717, 1.165) is 6.07 Å². The third kappa shape index (κ3) is 3.66. The number of benzene rings is 3. The van der Waals surface area contributed by atoms with Crippen molar-refractivity contribution in [3.05, 3.63) is 100 Å². The summed E-state index contributed by atoms with van der Waals surface area (Å²) in [6.07, 6.45) is 0.